The fourth-order valence-corrected chi connectivity index (χ4v) is 2.03. The fourth-order valence-electron chi connectivity index (χ4n) is 1.63. The molecule has 6 heteroatoms. The molecule has 0 aliphatic heterocycles. The van der Waals surface area contributed by atoms with Gasteiger partial charge >= 0.3 is 0 Å². The summed E-state index contributed by atoms with van der Waals surface area (Å²) in [7, 11) is 0. The number of carbonyl (C=O) groups excluding carboxylic acids is 1. The Morgan fingerprint density at radius 1 is 1.05 bits per heavy atom. The maximum atomic E-state index is 13.6. The molecule has 0 fully saturated rings. The van der Waals surface area contributed by atoms with Crippen LogP contribution in [0.25, 0.3) is 0 Å². The van der Waals surface area contributed by atoms with Crippen LogP contribution < -0.4 is 5.32 Å². The van der Waals surface area contributed by atoms with E-state index in [1.807, 2.05) is 0 Å². The largest absolute Gasteiger partial charge is 0.348 e. The van der Waals surface area contributed by atoms with Gasteiger partial charge in [0.25, 0.3) is 5.91 Å². The average molecular weight is 344 g/mol. The summed E-state index contributed by atoms with van der Waals surface area (Å²) in [5, 5.41) is 2.38. The molecule has 0 aromatic heterocycles. The number of hydrogen-bond donors (Lipinski definition) is 1. The minimum atomic E-state index is -0.950. The third kappa shape index (κ3) is 3.39. The van der Waals surface area contributed by atoms with Crippen molar-refractivity contribution in [2.75, 3.05) is 0 Å². The van der Waals surface area contributed by atoms with Gasteiger partial charge in [-0.05, 0) is 29.8 Å². The van der Waals surface area contributed by atoms with Gasteiger partial charge in [0.2, 0.25) is 0 Å². The van der Waals surface area contributed by atoms with Gasteiger partial charge in [-0.2, -0.15) is 0 Å². The molecule has 0 bridgehead atoms. The first-order valence-corrected chi connectivity index (χ1v) is 6.44. The third-order valence-electron chi connectivity index (χ3n) is 2.60. The number of amides is 1. The Bertz CT molecular complexity index is 620. The van der Waals surface area contributed by atoms with E-state index in [4.69, 9.17) is 0 Å². The van der Waals surface area contributed by atoms with Gasteiger partial charge in [-0.3, -0.25) is 4.79 Å². The maximum Gasteiger partial charge on any atom is 0.257 e. The molecule has 0 atom stereocenters. The van der Waals surface area contributed by atoms with E-state index in [1.165, 1.54) is 24.3 Å². The number of nitrogens with one attached hydrogen (secondary N) is 1. The highest BCUT2D eigenvalue weighted by Gasteiger charge is 2.18. The zero-order valence-electron chi connectivity index (χ0n) is 10.1. The Morgan fingerprint density at radius 3 is 2.15 bits per heavy atom. The van der Waals surface area contributed by atoms with Gasteiger partial charge in [-0.25, -0.2) is 13.2 Å². The smallest absolute Gasteiger partial charge is 0.257 e. The van der Waals surface area contributed by atoms with Crippen molar-refractivity contribution in [1.29, 1.82) is 0 Å². The normalized spacial score (nSPS) is 10.4. The first-order chi connectivity index (χ1) is 9.47. The SMILES string of the molecule is O=C(NCc1ccc(F)cc1)c1c(F)cc(Br)cc1F. The fraction of sp³-hybridized carbons (Fsp3) is 0.0714. The van der Waals surface area contributed by atoms with Gasteiger partial charge < -0.3 is 5.32 Å². The van der Waals surface area contributed by atoms with Crippen molar-refractivity contribution in [1.82, 2.24) is 5.32 Å². The van der Waals surface area contributed by atoms with E-state index in [0.29, 0.717) is 5.56 Å². The summed E-state index contributed by atoms with van der Waals surface area (Å²) in [4.78, 5) is 11.8. The summed E-state index contributed by atoms with van der Waals surface area (Å²) in [6.07, 6.45) is 0. The summed E-state index contributed by atoms with van der Waals surface area (Å²) in [6, 6.07) is 7.45. The molecule has 0 aliphatic carbocycles. The average Bonchev–Trinajstić information content (AvgIpc) is 2.37. The van der Waals surface area contributed by atoms with Gasteiger partial charge in [0.1, 0.15) is 23.0 Å². The number of rotatable bonds is 3. The van der Waals surface area contributed by atoms with Crippen molar-refractivity contribution < 1.29 is 18.0 Å². The van der Waals surface area contributed by atoms with E-state index >= 15 is 0 Å². The first kappa shape index (κ1) is 14.6. The Morgan fingerprint density at radius 2 is 1.60 bits per heavy atom. The summed E-state index contributed by atoms with van der Waals surface area (Å²) in [6.45, 7) is 0.0497. The van der Waals surface area contributed by atoms with Crippen LogP contribution in [0.15, 0.2) is 40.9 Å². The highest BCUT2D eigenvalue weighted by atomic mass is 79.9. The van der Waals surface area contributed by atoms with E-state index < -0.39 is 28.9 Å². The van der Waals surface area contributed by atoms with Gasteiger partial charge in [-0.1, -0.05) is 28.1 Å². The Hall–Kier alpha value is -1.82. The van der Waals surface area contributed by atoms with E-state index in [0.717, 1.165) is 12.1 Å². The third-order valence-corrected chi connectivity index (χ3v) is 3.06. The number of halogens is 4. The predicted molar refractivity (Wildman–Crippen MR) is 71.6 cm³/mol. The van der Waals surface area contributed by atoms with Crippen LogP contribution >= 0.6 is 15.9 Å². The van der Waals surface area contributed by atoms with Crippen LogP contribution in [-0.4, -0.2) is 5.91 Å². The molecule has 1 amide bonds. The molecule has 2 rings (SSSR count). The van der Waals surface area contributed by atoms with Crippen LogP contribution in [0.5, 0.6) is 0 Å². The molecule has 0 saturated heterocycles. The first-order valence-electron chi connectivity index (χ1n) is 5.64. The quantitative estimate of drug-likeness (QED) is 0.902. The number of benzene rings is 2. The van der Waals surface area contributed by atoms with Gasteiger partial charge in [-0.15, -0.1) is 0 Å². The van der Waals surface area contributed by atoms with Crippen molar-refractivity contribution in [3.05, 3.63) is 69.4 Å². The van der Waals surface area contributed by atoms with Crippen LogP contribution in [0.3, 0.4) is 0 Å². The highest BCUT2D eigenvalue weighted by Crippen LogP contribution is 2.19. The molecular formula is C14H9BrF3NO. The van der Waals surface area contributed by atoms with Crippen molar-refractivity contribution in [3.8, 4) is 0 Å². The molecule has 0 spiro atoms. The van der Waals surface area contributed by atoms with Gasteiger partial charge in [0, 0.05) is 11.0 Å². The van der Waals surface area contributed by atoms with Crippen LogP contribution in [0, 0.1) is 17.5 Å². The second kappa shape index (κ2) is 6.09. The topological polar surface area (TPSA) is 29.1 Å². The monoisotopic (exact) mass is 343 g/mol. The van der Waals surface area contributed by atoms with Crippen LogP contribution in [-0.2, 0) is 6.54 Å². The summed E-state index contributed by atoms with van der Waals surface area (Å²) in [5.41, 5.74) is -0.0204. The second-order valence-electron chi connectivity index (χ2n) is 4.05. The van der Waals surface area contributed by atoms with E-state index in [1.54, 1.807) is 0 Å². The minimum Gasteiger partial charge on any atom is -0.348 e. The molecule has 20 heavy (non-hydrogen) atoms. The minimum absolute atomic E-state index is 0.0497. The van der Waals surface area contributed by atoms with Gasteiger partial charge in [0.05, 0.1) is 0 Å². The summed E-state index contributed by atoms with van der Waals surface area (Å²) in [5.74, 6) is -3.16. The van der Waals surface area contributed by atoms with Crippen molar-refractivity contribution >= 4 is 21.8 Å². The molecule has 2 aromatic rings. The van der Waals surface area contributed by atoms with E-state index in [9.17, 15) is 18.0 Å². The molecule has 0 heterocycles. The number of carbonyl (C=O) groups is 1. The summed E-state index contributed by atoms with van der Waals surface area (Å²) >= 11 is 2.93. The lowest BCUT2D eigenvalue weighted by molar-refractivity contribution is 0.0942. The number of hydrogen-bond acceptors (Lipinski definition) is 1. The Labute approximate surface area is 121 Å². The van der Waals surface area contributed by atoms with Crippen molar-refractivity contribution in [2.24, 2.45) is 0 Å². The standard InChI is InChI=1S/C14H9BrF3NO/c15-9-5-11(17)13(12(18)6-9)14(20)19-7-8-1-3-10(16)4-2-8/h1-6H,7H2,(H,19,20). The lowest BCUT2D eigenvalue weighted by atomic mass is 10.1. The van der Waals surface area contributed by atoms with Crippen LogP contribution in [0.2, 0.25) is 0 Å². The predicted octanol–water partition coefficient (Wildman–Crippen LogP) is 3.80. The molecule has 1 N–H and O–H groups in total. The van der Waals surface area contributed by atoms with Crippen molar-refractivity contribution in [3.63, 3.8) is 0 Å². The molecule has 104 valence electrons. The molecule has 0 saturated carbocycles. The van der Waals surface area contributed by atoms with Crippen molar-refractivity contribution in [2.45, 2.75) is 6.54 Å². The molecule has 0 aliphatic rings. The Balaban J connectivity index is 2.11. The molecule has 2 aromatic carbocycles. The van der Waals surface area contributed by atoms with E-state index in [2.05, 4.69) is 21.2 Å². The lowest BCUT2D eigenvalue weighted by Crippen LogP contribution is -2.25. The zero-order valence-corrected chi connectivity index (χ0v) is 11.7. The van der Waals surface area contributed by atoms with Gasteiger partial charge in [0.15, 0.2) is 0 Å². The maximum absolute atomic E-state index is 13.6. The molecule has 0 unspecified atom stereocenters. The van der Waals surface area contributed by atoms with E-state index in [-0.39, 0.29) is 11.0 Å². The lowest BCUT2D eigenvalue weighted by Gasteiger charge is -2.08. The molecule has 2 nitrogen and oxygen atoms in total. The molecule has 0 radical (unpaired) electrons. The second-order valence-corrected chi connectivity index (χ2v) is 4.97. The Kier molecular flexibility index (Phi) is 4.44. The van der Waals surface area contributed by atoms with Crippen LogP contribution in [0.4, 0.5) is 13.2 Å². The zero-order chi connectivity index (χ0) is 14.7. The van der Waals surface area contributed by atoms with Crippen LogP contribution in [0.1, 0.15) is 15.9 Å². The summed E-state index contributed by atoms with van der Waals surface area (Å²) < 4.78 is 40.0. The molecular weight excluding hydrogens is 335 g/mol. The highest BCUT2D eigenvalue weighted by molar-refractivity contribution is 9.10.